The van der Waals surface area contributed by atoms with Crippen molar-refractivity contribution in [2.24, 2.45) is 0 Å². The summed E-state index contributed by atoms with van der Waals surface area (Å²) in [5.74, 6) is 0. The lowest BCUT2D eigenvalue weighted by atomic mass is 10.0. The number of piperazine rings is 1. The summed E-state index contributed by atoms with van der Waals surface area (Å²) >= 11 is 0. The summed E-state index contributed by atoms with van der Waals surface area (Å²) in [7, 11) is 0. The van der Waals surface area contributed by atoms with Gasteiger partial charge in [-0.3, -0.25) is 4.90 Å². The fourth-order valence-corrected chi connectivity index (χ4v) is 4.00. The molecule has 0 aromatic heterocycles. The van der Waals surface area contributed by atoms with Crippen molar-refractivity contribution in [3.05, 3.63) is 35.9 Å². The molecule has 0 aliphatic carbocycles. The van der Waals surface area contributed by atoms with Gasteiger partial charge >= 0.3 is 6.09 Å². The second-order valence-electron chi connectivity index (χ2n) is 8.06. The molecular formula is C19H26F2N2O3. The first kappa shape index (κ1) is 19.0. The molecule has 0 saturated carbocycles. The molecule has 26 heavy (non-hydrogen) atoms. The van der Waals surface area contributed by atoms with Gasteiger partial charge in [-0.1, -0.05) is 30.3 Å². The number of amides is 1. The second-order valence-corrected chi connectivity index (χ2v) is 8.06. The first-order chi connectivity index (χ1) is 12.2. The average Bonchev–Trinajstić information content (AvgIpc) is 3.12. The van der Waals surface area contributed by atoms with Gasteiger partial charge in [-0.2, -0.15) is 0 Å². The van der Waals surface area contributed by atoms with Crippen LogP contribution in [0, 0.1) is 0 Å². The van der Waals surface area contributed by atoms with Crippen LogP contribution in [0.4, 0.5) is 13.6 Å². The summed E-state index contributed by atoms with van der Waals surface area (Å²) < 4.78 is 32.0. The van der Waals surface area contributed by atoms with Crippen molar-refractivity contribution in [2.45, 2.75) is 70.0 Å². The number of carbonyl (C=O) groups excluding carboxylic acids is 1. The average molecular weight is 368 g/mol. The molecule has 0 spiro atoms. The fourth-order valence-electron chi connectivity index (χ4n) is 4.00. The van der Waals surface area contributed by atoms with Crippen LogP contribution in [0.25, 0.3) is 0 Å². The lowest BCUT2D eigenvalue weighted by Crippen LogP contribution is -2.60. The van der Waals surface area contributed by atoms with Crippen LogP contribution in [-0.2, 0) is 11.3 Å². The monoisotopic (exact) mass is 368 g/mol. The number of nitrogens with zero attached hydrogens (tertiary/aromatic N) is 2. The molecule has 1 aromatic rings. The van der Waals surface area contributed by atoms with Gasteiger partial charge in [0.2, 0.25) is 0 Å². The highest BCUT2D eigenvalue weighted by molar-refractivity contribution is 5.69. The minimum atomic E-state index is -2.86. The summed E-state index contributed by atoms with van der Waals surface area (Å²) in [4.78, 5) is 15.9. The fraction of sp³-hybridized carbons (Fsp3) is 0.632. The lowest BCUT2D eigenvalue weighted by molar-refractivity contribution is -0.0843. The van der Waals surface area contributed by atoms with E-state index < -0.39 is 36.3 Å². The number of rotatable bonds is 4. The van der Waals surface area contributed by atoms with E-state index in [4.69, 9.17) is 4.74 Å². The topological polar surface area (TPSA) is 53.0 Å². The normalized spacial score (nSPS) is 27.2. The van der Waals surface area contributed by atoms with Gasteiger partial charge in [0.15, 0.2) is 0 Å². The van der Waals surface area contributed by atoms with E-state index in [1.54, 1.807) is 20.8 Å². The molecule has 1 N–H and O–H groups in total. The number of ether oxygens (including phenoxy) is 1. The molecule has 2 saturated heterocycles. The van der Waals surface area contributed by atoms with Crippen LogP contribution < -0.4 is 0 Å². The van der Waals surface area contributed by atoms with Crippen molar-refractivity contribution >= 4 is 6.09 Å². The minimum Gasteiger partial charge on any atom is -0.444 e. The van der Waals surface area contributed by atoms with Crippen LogP contribution in [-0.4, -0.2) is 63.8 Å². The number of hydrogen-bond acceptors (Lipinski definition) is 4. The molecule has 5 nitrogen and oxygen atoms in total. The second kappa shape index (κ2) is 7.12. The largest absolute Gasteiger partial charge is 0.444 e. The smallest absolute Gasteiger partial charge is 0.410 e. The van der Waals surface area contributed by atoms with E-state index in [-0.39, 0.29) is 6.04 Å². The maximum Gasteiger partial charge on any atom is 0.410 e. The summed E-state index contributed by atoms with van der Waals surface area (Å²) in [6, 6.07) is 8.22. The van der Waals surface area contributed by atoms with Crippen LogP contribution in [0.2, 0.25) is 0 Å². The molecule has 1 amide bonds. The molecule has 144 valence electrons. The van der Waals surface area contributed by atoms with Gasteiger partial charge in [-0.25, -0.2) is 13.6 Å². The Kier molecular flexibility index (Phi) is 5.21. The molecule has 0 radical (unpaired) electrons. The van der Waals surface area contributed by atoms with Crippen molar-refractivity contribution in [2.75, 3.05) is 6.54 Å². The van der Waals surface area contributed by atoms with Crippen molar-refractivity contribution in [3.63, 3.8) is 0 Å². The predicted octanol–water partition coefficient (Wildman–Crippen LogP) is 2.87. The Morgan fingerprint density at radius 3 is 2.54 bits per heavy atom. The predicted molar refractivity (Wildman–Crippen MR) is 92.9 cm³/mol. The molecule has 7 heteroatoms. The standard InChI is InChI=1S/C19H26F2N2O3/c1-19(2,3)26-18(25)23-11-13-9-14(23)15(16(24)17(20)21)22(13)10-12-7-5-4-6-8-12/h4-8,13-17,24H,9-11H2,1-3H3/t13-,14-,15?,16?/m0/s1. The Bertz CT molecular complexity index is 635. The van der Waals surface area contributed by atoms with E-state index >= 15 is 0 Å². The van der Waals surface area contributed by atoms with Gasteiger partial charge in [-0.05, 0) is 32.8 Å². The van der Waals surface area contributed by atoms with Gasteiger partial charge in [0.1, 0.15) is 11.7 Å². The third kappa shape index (κ3) is 3.83. The molecule has 2 unspecified atom stereocenters. The third-order valence-corrected chi connectivity index (χ3v) is 5.01. The molecule has 2 fully saturated rings. The maximum absolute atomic E-state index is 13.3. The highest BCUT2D eigenvalue weighted by atomic mass is 19.3. The van der Waals surface area contributed by atoms with Crippen LogP contribution in [0.1, 0.15) is 32.8 Å². The zero-order valence-corrected chi connectivity index (χ0v) is 15.3. The van der Waals surface area contributed by atoms with Crippen molar-refractivity contribution in [1.82, 2.24) is 9.80 Å². The first-order valence-electron chi connectivity index (χ1n) is 8.93. The Morgan fingerprint density at radius 2 is 1.96 bits per heavy atom. The van der Waals surface area contributed by atoms with Gasteiger partial charge in [-0.15, -0.1) is 0 Å². The Labute approximate surface area is 152 Å². The van der Waals surface area contributed by atoms with Crippen molar-refractivity contribution in [1.29, 1.82) is 0 Å². The highest BCUT2D eigenvalue weighted by Crippen LogP contribution is 2.40. The third-order valence-electron chi connectivity index (χ3n) is 5.01. The van der Waals surface area contributed by atoms with E-state index in [1.807, 2.05) is 35.2 Å². The molecule has 2 aliphatic heterocycles. The summed E-state index contributed by atoms with van der Waals surface area (Å²) in [6.45, 7) is 6.21. The summed E-state index contributed by atoms with van der Waals surface area (Å²) in [5, 5.41) is 10.2. The summed E-state index contributed by atoms with van der Waals surface area (Å²) in [5.41, 5.74) is 0.342. The number of alkyl halides is 2. The van der Waals surface area contributed by atoms with E-state index in [9.17, 15) is 18.7 Å². The van der Waals surface area contributed by atoms with E-state index in [2.05, 4.69) is 0 Å². The van der Waals surface area contributed by atoms with Gasteiger partial charge in [0.25, 0.3) is 6.43 Å². The quantitative estimate of drug-likeness (QED) is 0.888. The molecule has 3 rings (SSSR count). The van der Waals surface area contributed by atoms with Crippen LogP contribution in [0.3, 0.4) is 0 Å². The van der Waals surface area contributed by atoms with Crippen LogP contribution >= 0.6 is 0 Å². The highest BCUT2D eigenvalue weighted by Gasteiger charge is 2.56. The number of carbonyl (C=O) groups is 1. The number of aliphatic hydroxyl groups is 1. The Hall–Kier alpha value is -1.73. The molecule has 2 aliphatic rings. The van der Waals surface area contributed by atoms with E-state index in [1.165, 1.54) is 4.90 Å². The van der Waals surface area contributed by atoms with Gasteiger partial charge in [0, 0.05) is 19.1 Å². The van der Waals surface area contributed by atoms with E-state index in [0.29, 0.717) is 19.5 Å². The van der Waals surface area contributed by atoms with Crippen molar-refractivity contribution in [3.8, 4) is 0 Å². The maximum atomic E-state index is 13.3. The molecule has 2 bridgehead atoms. The number of aliphatic hydroxyl groups excluding tert-OH is 1. The van der Waals surface area contributed by atoms with Gasteiger partial charge in [0.05, 0.1) is 12.1 Å². The molecule has 2 heterocycles. The van der Waals surface area contributed by atoms with Gasteiger partial charge < -0.3 is 14.7 Å². The van der Waals surface area contributed by atoms with Crippen LogP contribution in [0.15, 0.2) is 30.3 Å². The number of fused-ring (bicyclic) bond motifs is 2. The van der Waals surface area contributed by atoms with E-state index in [0.717, 1.165) is 5.56 Å². The minimum absolute atomic E-state index is 0.0638. The lowest BCUT2D eigenvalue weighted by Gasteiger charge is -2.43. The SMILES string of the molecule is CC(C)(C)OC(=O)N1C[C@@H]2C[C@H]1C(C(O)C(F)F)N2Cc1ccccc1. The summed E-state index contributed by atoms with van der Waals surface area (Å²) in [6.07, 6.45) is -4.60. The zero-order valence-electron chi connectivity index (χ0n) is 15.3. The number of benzene rings is 1. The number of halogens is 2. The zero-order chi connectivity index (χ0) is 19.1. The van der Waals surface area contributed by atoms with Crippen LogP contribution in [0.5, 0.6) is 0 Å². The molecular weight excluding hydrogens is 342 g/mol. The Morgan fingerprint density at radius 1 is 1.31 bits per heavy atom. The first-order valence-corrected chi connectivity index (χ1v) is 8.93. The molecule has 4 atom stereocenters. The molecule has 1 aromatic carbocycles. The number of likely N-dealkylation sites (tertiary alicyclic amines) is 2. The van der Waals surface area contributed by atoms with Crippen molar-refractivity contribution < 1.29 is 23.4 Å². The number of hydrogen-bond donors (Lipinski definition) is 1. The Balaban J connectivity index is 1.80.